The molecule has 0 bridgehead atoms. The summed E-state index contributed by atoms with van der Waals surface area (Å²) in [6, 6.07) is 20.8. The normalized spacial score (nSPS) is 11.8. The van der Waals surface area contributed by atoms with Gasteiger partial charge in [0.15, 0.2) is 0 Å². The first kappa shape index (κ1) is 28.3. The van der Waals surface area contributed by atoms with Gasteiger partial charge in [-0.3, -0.25) is 24.0 Å². The van der Waals surface area contributed by atoms with Gasteiger partial charge < -0.3 is 10.2 Å². The quantitative estimate of drug-likeness (QED) is 0.276. The van der Waals surface area contributed by atoms with Crippen LogP contribution in [-0.4, -0.2) is 49.2 Å². The largest absolute Gasteiger partial charge is 0.355 e. The van der Waals surface area contributed by atoms with E-state index >= 15 is 0 Å². The molecule has 0 aliphatic carbocycles. The Morgan fingerprint density at radius 1 is 0.947 bits per heavy atom. The monoisotopic (exact) mass is 538 g/mol. The molecule has 0 spiro atoms. The maximum atomic E-state index is 13.8. The number of sulfonamides is 1. The Hall–Kier alpha value is -4.25. The number of rotatable bonds is 12. The second-order valence-electron chi connectivity index (χ2n) is 8.43. The number of amides is 2. The van der Waals surface area contributed by atoms with Crippen molar-refractivity contribution in [3.63, 3.8) is 0 Å². The fraction of sp³-hybridized carbons (Fsp3) is 0.259. The minimum absolute atomic E-state index is 0.0397. The predicted octanol–water partition coefficient (Wildman–Crippen LogP) is 3.73. The van der Waals surface area contributed by atoms with Gasteiger partial charge in [0, 0.05) is 25.2 Å². The number of hydrogen-bond donors (Lipinski definition) is 1. The minimum Gasteiger partial charge on any atom is -0.355 e. The van der Waals surface area contributed by atoms with Gasteiger partial charge >= 0.3 is 0 Å². The first-order chi connectivity index (χ1) is 18.2. The van der Waals surface area contributed by atoms with E-state index in [2.05, 4.69) is 5.32 Å². The van der Waals surface area contributed by atoms with E-state index in [1.165, 1.54) is 35.2 Å². The van der Waals surface area contributed by atoms with Crippen LogP contribution in [0.4, 0.5) is 11.4 Å². The molecule has 0 aromatic heterocycles. The highest BCUT2D eigenvalue weighted by molar-refractivity contribution is 7.92. The van der Waals surface area contributed by atoms with Crippen molar-refractivity contribution in [1.82, 2.24) is 10.2 Å². The van der Waals surface area contributed by atoms with Crippen LogP contribution in [0.25, 0.3) is 0 Å². The van der Waals surface area contributed by atoms with Crippen molar-refractivity contribution in [3.05, 3.63) is 101 Å². The van der Waals surface area contributed by atoms with E-state index in [0.29, 0.717) is 13.0 Å². The van der Waals surface area contributed by atoms with Gasteiger partial charge in [-0.2, -0.15) is 0 Å². The van der Waals surface area contributed by atoms with E-state index in [9.17, 15) is 28.1 Å². The van der Waals surface area contributed by atoms with Crippen LogP contribution in [0.5, 0.6) is 0 Å². The molecule has 0 saturated heterocycles. The maximum absolute atomic E-state index is 13.8. The fourth-order valence-electron chi connectivity index (χ4n) is 4.00. The lowest BCUT2D eigenvalue weighted by Gasteiger charge is -2.33. The summed E-state index contributed by atoms with van der Waals surface area (Å²) in [4.78, 5) is 38.8. The summed E-state index contributed by atoms with van der Waals surface area (Å²) in [7, 11) is -4.30. The number of carbonyl (C=O) groups excluding carboxylic acids is 2. The molecular weight excluding hydrogens is 508 g/mol. The molecule has 3 aromatic carbocycles. The zero-order chi connectivity index (χ0) is 27.7. The van der Waals surface area contributed by atoms with Crippen molar-refractivity contribution in [3.8, 4) is 0 Å². The molecule has 0 aliphatic rings. The summed E-state index contributed by atoms with van der Waals surface area (Å²) in [5.41, 5.74) is 0.400. The first-order valence-corrected chi connectivity index (χ1v) is 13.6. The van der Waals surface area contributed by atoms with Crippen LogP contribution in [0.15, 0.2) is 89.8 Å². The lowest BCUT2D eigenvalue weighted by Crippen LogP contribution is -2.52. The lowest BCUT2D eigenvalue weighted by atomic mass is 10.1. The Kier molecular flexibility index (Phi) is 9.55. The van der Waals surface area contributed by atoms with E-state index in [4.69, 9.17) is 0 Å². The molecule has 0 saturated carbocycles. The summed E-state index contributed by atoms with van der Waals surface area (Å²) >= 11 is 0. The Labute approximate surface area is 222 Å². The molecule has 0 radical (unpaired) electrons. The van der Waals surface area contributed by atoms with Crippen LogP contribution in [0.3, 0.4) is 0 Å². The van der Waals surface area contributed by atoms with Gasteiger partial charge in [-0.1, -0.05) is 61.5 Å². The molecule has 0 aliphatic heterocycles. The van der Waals surface area contributed by atoms with E-state index in [0.717, 1.165) is 15.9 Å². The Balaban J connectivity index is 2.08. The van der Waals surface area contributed by atoms with Crippen LogP contribution in [0.2, 0.25) is 0 Å². The Bertz CT molecular complexity index is 1370. The summed E-state index contributed by atoms with van der Waals surface area (Å²) in [6.07, 6.45) is 0.298. The van der Waals surface area contributed by atoms with Gasteiger partial charge in [-0.15, -0.1) is 0 Å². The number of anilines is 1. The molecule has 1 atom stereocenters. The van der Waals surface area contributed by atoms with Crippen molar-refractivity contribution in [2.24, 2.45) is 0 Å². The number of non-ortho nitro benzene ring substituents is 1. The third-order valence-electron chi connectivity index (χ3n) is 5.87. The van der Waals surface area contributed by atoms with E-state index < -0.39 is 33.4 Å². The molecule has 1 N–H and O–H groups in total. The smallest absolute Gasteiger partial charge is 0.271 e. The van der Waals surface area contributed by atoms with Crippen molar-refractivity contribution in [1.29, 1.82) is 0 Å². The maximum Gasteiger partial charge on any atom is 0.271 e. The highest BCUT2D eigenvalue weighted by Crippen LogP contribution is 2.27. The fourth-order valence-corrected chi connectivity index (χ4v) is 5.43. The second-order valence-corrected chi connectivity index (χ2v) is 10.3. The molecule has 3 aromatic rings. The van der Waals surface area contributed by atoms with Gasteiger partial charge in [0.05, 0.1) is 15.5 Å². The lowest BCUT2D eigenvalue weighted by molar-refractivity contribution is -0.384. The first-order valence-electron chi connectivity index (χ1n) is 12.1. The average Bonchev–Trinajstić information content (AvgIpc) is 2.92. The number of benzene rings is 3. The van der Waals surface area contributed by atoms with E-state index in [-0.39, 0.29) is 28.7 Å². The number of hydrogen-bond acceptors (Lipinski definition) is 6. The van der Waals surface area contributed by atoms with E-state index in [1.807, 2.05) is 18.2 Å². The number of nitrogens with zero attached hydrogens (tertiary/aromatic N) is 3. The molecule has 0 fully saturated rings. The minimum atomic E-state index is -4.30. The SMILES string of the molecule is CCNC(=O)C(CC)N(Cc1ccccc1)C(=O)CN(c1cccc([N+](=O)[O-])c1)S(=O)(=O)c1ccccc1. The van der Waals surface area contributed by atoms with Gasteiger partial charge in [-0.25, -0.2) is 8.42 Å². The predicted molar refractivity (Wildman–Crippen MR) is 144 cm³/mol. The number of nitrogens with one attached hydrogen (secondary N) is 1. The topological polar surface area (TPSA) is 130 Å². The third kappa shape index (κ3) is 6.74. The zero-order valence-electron chi connectivity index (χ0n) is 21.2. The standard InChI is InChI=1S/C27H30N4O6S/c1-3-25(27(33)28-4-2)29(19-21-12-7-5-8-13-21)26(32)20-30(22-14-11-15-23(18-22)31(34)35)38(36,37)24-16-9-6-10-17-24/h5-18,25H,3-4,19-20H2,1-2H3,(H,28,33). The van der Waals surface area contributed by atoms with Gasteiger partial charge in [0.25, 0.3) is 15.7 Å². The molecule has 38 heavy (non-hydrogen) atoms. The zero-order valence-corrected chi connectivity index (χ0v) is 22.0. The average molecular weight is 539 g/mol. The third-order valence-corrected chi connectivity index (χ3v) is 7.66. The molecule has 200 valence electrons. The van der Waals surface area contributed by atoms with Crippen LogP contribution >= 0.6 is 0 Å². The van der Waals surface area contributed by atoms with E-state index in [1.54, 1.807) is 44.2 Å². The molecule has 3 rings (SSSR count). The number of nitro benzene ring substituents is 1. The summed E-state index contributed by atoms with van der Waals surface area (Å²) in [6.45, 7) is 3.31. The summed E-state index contributed by atoms with van der Waals surface area (Å²) in [5, 5.41) is 14.2. The van der Waals surface area contributed by atoms with Crippen molar-refractivity contribution < 1.29 is 22.9 Å². The summed E-state index contributed by atoms with van der Waals surface area (Å²) < 4.78 is 28.3. The molecule has 11 heteroatoms. The number of likely N-dealkylation sites (N-methyl/N-ethyl adjacent to an activating group) is 1. The highest BCUT2D eigenvalue weighted by Gasteiger charge is 2.33. The van der Waals surface area contributed by atoms with Crippen molar-refractivity contribution in [2.45, 2.75) is 37.8 Å². The highest BCUT2D eigenvalue weighted by atomic mass is 32.2. The van der Waals surface area contributed by atoms with Gasteiger partial charge in [0.1, 0.15) is 12.6 Å². The van der Waals surface area contributed by atoms with Crippen molar-refractivity contribution in [2.75, 3.05) is 17.4 Å². The molecule has 0 heterocycles. The number of carbonyl (C=O) groups is 2. The molecular formula is C27H30N4O6S. The summed E-state index contributed by atoms with van der Waals surface area (Å²) in [5.74, 6) is -0.981. The van der Waals surface area contributed by atoms with Crippen molar-refractivity contribution >= 4 is 33.2 Å². The van der Waals surface area contributed by atoms with Crippen LogP contribution in [0.1, 0.15) is 25.8 Å². The van der Waals surface area contributed by atoms with Crippen LogP contribution < -0.4 is 9.62 Å². The Morgan fingerprint density at radius 2 is 1.58 bits per heavy atom. The van der Waals surface area contributed by atoms with Gasteiger partial charge in [0.2, 0.25) is 11.8 Å². The Morgan fingerprint density at radius 3 is 2.16 bits per heavy atom. The molecule has 10 nitrogen and oxygen atoms in total. The van der Waals surface area contributed by atoms with Crippen LogP contribution in [-0.2, 0) is 26.2 Å². The second kappa shape index (κ2) is 12.8. The molecule has 2 amide bonds. The van der Waals surface area contributed by atoms with Crippen LogP contribution in [0, 0.1) is 10.1 Å². The van der Waals surface area contributed by atoms with Gasteiger partial charge in [-0.05, 0) is 37.1 Å². The molecule has 1 unspecified atom stereocenters. The number of nitro groups is 1.